The molecule has 7 nitrogen and oxygen atoms in total. The maximum absolute atomic E-state index is 13.2. The van der Waals surface area contributed by atoms with Crippen molar-refractivity contribution in [2.24, 2.45) is 0 Å². The highest BCUT2D eigenvalue weighted by atomic mass is 19.1. The van der Waals surface area contributed by atoms with Crippen LogP contribution in [0.3, 0.4) is 0 Å². The molecule has 8 heteroatoms. The zero-order valence-electron chi connectivity index (χ0n) is 20.7. The monoisotopic (exact) mass is 517 g/mol. The summed E-state index contributed by atoms with van der Waals surface area (Å²) in [6.45, 7) is 2.77. The minimum atomic E-state index is -1.13. The lowest BCUT2D eigenvalue weighted by molar-refractivity contribution is 0.0694. The number of aromatic hydroxyl groups is 1. The van der Waals surface area contributed by atoms with Crippen LogP contribution in [-0.4, -0.2) is 40.5 Å². The Morgan fingerprint density at radius 2 is 1.53 bits per heavy atom. The summed E-state index contributed by atoms with van der Waals surface area (Å²) >= 11 is 0. The summed E-state index contributed by atoms with van der Waals surface area (Å²) < 4.78 is 24.8. The van der Waals surface area contributed by atoms with Crippen LogP contribution in [0.5, 0.6) is 23.0 Å². The third-order valence-electron chi connectivity index (χ3n) is 5.99. The second-order valence-corrected chi connectivity index (χ2v) is 8.72. The van der Waals surface area contributed by atoms with Gasteiger partial charge in [-0.05, 0) is 84.3 Å². The van der Waals surface area contributed by atoms with E-state index in [-0.39, 0.29) is 23.1 Å². The molecule has 2 atom stereocenters. The van der Waals surface area contributed by atoms with E-state index in [1.54, 1.807) is 24.3 Å². The number of benzene rings is 4. The highest BCUT2D eigenvalue weighted by Gasteiger charge is 2.16. The van der Waals surface area contributed by atoms with E-state index in [0.29, 0.717) is 30.2 Å². The molecule has 0 spiro atoms. The largest absolute Gasteiger partial charge is 0.508 e. The van der Waals surface area contributed by atoms with Crippen LogP contribution >= 0.6 is 0 Å². The standard InChI is InChI=1S/C30H28FNO6/c1-19(29(34)21-2-9-24(33)10-3-21)32-16-17-37-25-11-4-20(5-12-25)22-6-15-27(30(35)36)28(18-22)38-26-13-7-23(31)8-14-26/h2-15,18-19,29,32-34H,16-17H2,1H3,(H,35,36)/t19-,29-/m1/s1. The first-order chi connectivity index (χ1) is 18.3. The number of hydrogen-bond donors (Lipinski definition) is 4. The predicted octanol–water partition coefficient (Wildman–Crippen LogP) is 5.78. The minimum Gasteiger partial charge on any atom is -0.508 e. The Bertz CT molecular complexity index is 1360. The normalized spacial score (nSPS) is 12.5. The summed E-state index contributed by atoms with van der Waals surface area (Å²) in [5.41, 5.74) is 2.29. The van der Waals surface area contributed by atoms with Crippen molar-refractivity contribution in [1.82, 2.24) is 5.32 Å². The number of aliphatic hydroxyl groups excluding tert-OH is 1. The molecule has 0 aromatic heterocycles. The average Bonchev–Trinajstić information content (AvgIpc) is 2.92. The Labute approximate surface area is 219 Å². The van der Waals surface area contributed by atoms with Crippen LogP contribution in [0, 0.1) is 5.82 Å². The summed E-state index contributed by atoms with van der Waals surface area (Å²) in [4.78, 5) is 11.7. The van der Waals surface area contributed by atoms with Gasteiger partial charge >= 0.3 is 5.97 Å². The van der Waals surface area contributed by atoms with E-state index >= 15 is 0 Å². The molecule has 4 N–H and O–H groups in total. The summed E-state index contributed by atoms with van der Waals surface area (Å²) in [6.07, 6.45) is -0.723. The van der Waals surface area contributed by atoms with Gasteiger partial charge in [0, 0.05) is 12.6 Å². The second-order valence-electron chi connectivity index (χ2n) is 8.72. The summed E-state index contributed by atoms with van der Waals surface area (Å²) in [5.74, 6) is -0.256. The highest BCUT2D eigenvalue weighted by Crippen LogP contribution is 2.32. The smallest absolute Gasteiger partial charge is 0.339 e. The van der Waals surface area contributed by atoms with Gasteiger partial charge < -0.3 is 30.1 Å². The summed E-state index contributed by atoms with van der Waals surface area (Å²) in [5, 5.41) is 32.6. The van der Waals surface area contributed by atoms with Crippen molar-refractivity contribution in [3.63, 3.8) is 0 Å². The molecule has 0 aliphatic carbocycles. The van der Waals surface area contributed by atoms with Crippen molar-refractivity contribution < 1.29 is 34.0 Å². The predicted molar refractivity (Wildman–Crippen MR) is 141 cm³/mol. The molecule has 196 valence electrons. The van der Waals surface area contributed by atoms with Crippen molar-refractivity contribution in [1.29, 1.82) is 0 Å². The average molecular weight is 518 g/mol. The van der Waals surface area contributed by atoms with Crippen molar-refractivity contribution >= 4 is 5.97 Å². The van der Waals surface area contributed by atoms with Gasteiger partial charge in [0.25, 0.3) is 0 Å². The first kappa shape index (κ1) is 26.7. The summed E-state index contributed by atoms with van der Waals surface area (Å²) in [6, 6.07) is 23.7. The molecule has 0 unspecified atom stereocenters. The molecule has 4 aromatic rings. The molecule has 0 aliphatic heterocycles. The van der Waals surface area contributed by atoms with Crippen LogP contribution in [0.2, 0.25) is 0 Å². The molecule has 0 amide bonds. The highest BCUT2D eigenvalue weighted by molar-refractivity contribution is 5.92. The molecule has 0 fully saturated rings. The molecule has 0 heterocycles. The zero-order chi connectivity index (χ0) is 27.1. The fraction of sp³-hybridized carbons (Fsp3) is 0.167. The lowest BCUT2D eigenvalue weighted by atomic mass is 10.0. The fourth-order valence-electron chi connectivity index (χ4n) is 3.86. The van der Waals surface area contributed by atoms with Gasteiger partial charge in [0.05, 0.1) is 6.10 Å². The lowest BCUT2D eigenvalue weighted by Gasteiger charge is -2.21. The number of nitrogens with one attached hydrogen (secondary N) is 1. The number of phenols is 1. The van der Waals surface area contributed by atoms with E-state index < -0.39 is 17.9 Å². The topological polar surface area (TPSA) is 108 Å². The van der Waals surface area contributed by atoms with E-state index in [1.165, 1.54) is 42.5 Å². The van der Waals surface area contributed by atoms with Crippen molar-refractivity contribution in [2.45, 2.75) is 19.1 Å². The van der Waals surface area contributed by atoms with E-state index in [0.717, 1.165) is 11.1 Å². The first-order valence-corrected chi connectivity index (χ1v) is 12.0. The van der Waals surface area contributed by atoms with Crippen molar-refractivity contribution in [3.8, 4) is 34.1 Å². The van der Waals surface area contributed by atoms with Crippen molar-refractivity contribution in [2.75, 3.05) is 13.2 Å². The van der Waals surface area contributed by atoms with Crippen LogP contribution in [-0.2, 0) is 0 Å². The Kier molecular flexibility index (Phi) is 8.58. The summed E-state index contributed by atoms with van der Waals surface area (Å²) in [7, 11) is 0. The number of carboxylic acid groups (broad SMARTS) is 1. The number of halogens is 1. The molecule has 0 aliphatic rings. The van der Waals surface area contributed by atoms with Gasteiger partial charge in [-0.15, -0.1) is 0 Å². The van der Waals surface area contributed by atoms with Crippen LogP contribution in [0.1, 0.15) is 28.9 Å². The number of carboxylic acids is 1. The second kappa shape index (κ2) is 12.2. The number of ether oxygens (including phenoxy) is 2. The fourth-order valence-corrected chi connectivity index (χ4v) is 3.86. The molecule has 4 rings (SSSR count). The molecule has 0 radical (unpaired) electrons. The van der Waals surface area contributed by atoms with Gasteiger partial charge in [0.2, 0.25) is 0 Å². The van der Waals surface area contributed by atoms with Gasteiger partial charge in [-0.25, -0.2) is 9.18 Å². The number of carbonyl (C=O) groups is 1. The minimum absolute atomic E-state index is 0.00436. The number of phenolic OH excluding ortho intramolecular Hbond substituents is 1. The number of hydrogen-bond acceptors (Lipinski definition) is 6. The first-order valence-electron chi connectivity index (χ1n) is 12.0. The Morgan fingerprint density at radius 1 is 0.895 bits per heavy atom. The number of aliphatic hydroxyl groups is 1. The van der Waals surface area contributed by atoms with E-state index in [9.17, 15) is 24.5 Å². The molecular formula is C30H28FNO6. The molecule has 0 saturated carbocycles. The molecule has 4 aromatic carbocycles. The van der Waals surface area contributed by atoms with E-state index in [1.807, 2.05) is 31.2 Å². The number of aromatic carboxylic acids is 1. The third-order valence-corrected chi connectivity index (χ3v) is 5.99. The van der Waals surface area contributed by atoms with Gasteiger partial charge in [-0.3, -0.25) is 0 Å². The maximum atomic E-state index is 13.2. The maximum Gasteiger partial charge on any atom is 0.339 e. The van der Waals surface area contributed by atoms with Gasteiger partial charge in [-0.1, -0.05) is 30.3 Å². The van der Waals surface area contributed by atoms with E-state index in [2.05, 4.69) is 5.32 Å². The van der Waals surface area contributed by atoms with Crippen LogP contribution in [0.4, 0.5) is 4.39 Å². The third kappa shape index (κ3) is 6.88. The van der Waals surface area contributed by atoms with Gasteiger partial charge in [0.1, 0.15) is 41.0 Å². The van der Waals surface area contributed by atoms with Crippen LogP contribution < -0.4 is 14.8 Å². The molecule has 0 bridgehead atoms. The van der Waals surface area contributed by atoms with E-state index in [4.69, 9.17) is 9.47 Å². The van der Waals surface area contributed by atoms with Crippen LogP contribution in [0.15, 0.2) is 91.0 Å². The van der Waals surface area contributed by atoms with Crippen LogP contribution in [0.25, 0.3) is 11.1 Å². The Morgan fingerprint density at radius 3 is 2.18 bits per heavy atom. The number of rotatable bonds is 11. The SMILES string of the molecule is C[C@@H](NCCOc1ccc(-c2ccc(C(=O)O)c(Oc3ccc(F)cc3)c2)cc1)[C@@H](O)c1ccc(O)cc1. The Hall–Kier alpha value is -4.40. The molecular weight excluding hydrogens is 489 g/mol. The Balaban J connectivity index is 1.34. The quantitative estimate of drug-likeness (QED) is 0.187. The van der Waals surface area contributed by atoms with Crippen molar-refractivity contribution in [3.05, 3.63) is 108 Å². The van der Waals surface area contributed by atoms with Gasteiger partial charge in [0.15, 0.2) is 0 Å². The molecule has 38 heavy (non-hydrogen) atoms. The lowest BCUT2D eigenvalue weighted by Crippen LogP contribution is -2.35. The zero-order valence-corrected chi connectivity index (χ0v) is 20.7. The van der Waals surface area contributed by atoms with Gasteiger partial charge in [-0.2, -0.15) is 0 Å². The molecule has 0 saturated heterocycles.